The van der Waals surface area contributed by atoms with Crippen molar-refractivity contribution in [2.45, 2.75) is 6.42 Å². The van der Waals surface area contributed by atoms with Crippen LogP contribution in [0.5, 0.6) is 0 Å². The Morgan fingerprint density at radius 1 is 1.27 bits per heavy atom. The molecule has 15 heavy (non-hydrogen) atoms. The van der Waals surface area contributed by atoms with Gasteiger partial charge in [0, 0.05) is 20.1 Å². The van der Waals surface area contributed by atoms with Crippen LogP contribution in [0.25, 0.3) is 0 Å². The minimum atomic E-state index is 0.0270. The van der Waals surface area contributed by atoms with Gasteiger partial charge in [0.2, 0.25) is 0 Å². The van der Waals surface area contributed by atoms with Crippen LogP contribution in [0.2, 0.25) is 0 Å². The summed E-state index contributed by atoms with van der Waals surface area (Å²) in [6.45, 7) is 1.57. The molecule has 0 unspecified atom stereocenters. The maximum atomic E-state index is 11.9. The first kappa shape index (κ1) is 9.83. The van der Waals surface area contributed by atoms with E-state index in [0.717, 1.165) is 25.2 Å². The van der Waals surface area contributed by atoms with Crippen LogP contribution >= 0.6 is 0 Å². The number of hydrogen-bond donors (Lipinski definition) is 1. The minimum Gasteiger partial charge on any atom is -0.397 e. The van der Waals surface area contributed by atoms with Crippen LogP contribution in [-0.4, -0.2) is 31.1 Å². The largest absolute Gasteiger partial charge is 0.397 e. The number of carbonyl (C=O) groups is 1. The van der Waals surface area contributed by atoms with Crippen molar-refractivity contribution in [3.8, 4) is 0 Å². The number of hydrogen-bond acceptors (Lipinski definition) is 2. The Labute approximate surface area is 89.3 Å². The first-order valence-corrected chi connectivity index (χ1v) is 5.07. The number of para-hydroxylation sites is 2. The van der Waals surface area contributed by atoms with Crippen LogP contribution in [0, 0.1) is 0 Å². The molecule has 0 atom stereocenters. The highest BCUT2D eigenvalue weighted by Crippen LogP contribution is 2.25. The van der Waals surface area contributed by atoms with E-state index in [2.05, 4.69) is 0 Å². The van der Waals surface area contributed by atoms with Gasteiger partial charge in [-0.1, -0.05) is 12.1 Å². The van der Waals surface area contributed by atoms with Crippen LogP contribution in [0.4, 0.5) is 16.2 Å². The molecule has 1 aromatic rings. The van der Waals surface area contributed by atoms with Crippen molar-refractivity contribution < 1.29 is 4.79 Å². The highest BCUT2D eigenvalue weighted by Gasteiger charge is 2.24. The molecule has 2 amide bonds. The molecule has 1 heterocycles. The zero-order chi connectivity index (χ0) is 10.8. The lowest BCUT2D eigenvalue weighted by Gasteiger charge is -2.33. The normalized spacial score (nSPS) is 17.0. The Balaban J connectivity index is 2.30. The Kier molecular flexibility index (Phi) is 2.49. The molecular weight excluding hydrogens is 190 g/mol. The predicted octanol–water partition coefficient (Wildman–Crippen LogP) is 1.53. The van der Waals surface area contributed by atoms with Crippen molar-refractivity contribution in [2.24, 2.45) is 0 Å². The second kappa shape index (κ2) is 3.81. The van der Waals surface area contributed by atoms with E-state index in [9.17, 15) is 4.79 Å². The number of amides is 2. The van der Waals surface area contributed by atoms with E-state index in [0.29, 0.717) is 5.69 Å². The molecule has 1 fully saturated rings. The SMILES string of the molecule is CN1CCCN(c2ccccc2N)C1=O. The first-order valence-electron chi connectivity index (χ1n) is 5.07. The fourth-order valence-electron chi connectivity index (χ4n) is 1.82. The molecule has 0 spiro atoms. The van der Waals surface area contributed by atoms with E-state index in [-0.39, 0.29) is 6.03 Å². The van der Waals surface area contributed by atoms with E-state index < -0.39 is 0 Å². The van der Waals surface area contributed by atoms with E-state index in [1.54, 1.807) is 9.80 Å². The second-order valence-corrected chi connectivity index (χ2v) is 3.77. The monoisotopic (exact) mass is 205 g/mol. The molecule has 0 saturated carbocycles. The van der Waals surface area contributed by atoms with Gasteiger partial charge in [0.1, 0.15) is 0 Å². The molecule has 1 aliphatic heterocycles. The van der Waals surface area contributed by atoms with Gasteiger partial charge < -0.3 is 10.6 Å². The fourth-order valence-corrected chi connectivity index (χ4v) is 1.82. The number of benzene rings is 1. The molecule has 0 bridgehead atoms. The number of nitrogen functional groups attached to an aromatic ring is 1. The van der Waals surface area contributed by atoms with Crippen molar-refractivity contribution in [2.75, 3.05) is 30.8 Å². The summed E-state index contributed by atoms with van der Waals surface area (Å²) in [5.74, 6) is 0. The zero-order valence-corrected chi connectivity index (χ0v) is 8.81. The molecule has 1 aromatic carbocycles. The summed E-state index contributed by atoms with van der Waals surface area (Å²) in [4.78, 5) is 15.3. The van der Waals surface area contributed by atoms with E-state index in [4.69, 9.17) is 5.73 Å². The van der Waals surface area contributed by atoms with Crippen LogP contribution < -0.4 is 10.6 Å². The number of carbonyl (C=O) groups excluding carboxylic acids is 1. The molecular formula is C11H15N3O. The van der Waals surface area contributed by atoms with Crippen LogP contribution in [-0.2, 0) is 0 Å². The van der Waals surface area contributed by atoms with Gasteiger partial charge in [-0.25, -0.2) is 4.79 Å². The highest BCUT2D eigenvalue weighted by atomic mass is 16.2. The summed E-state index contributed by atoms with van der Waals surface area (Å²) >= 11 is 0. The standard InChI is InChI=1S/C11H15N3O/c1-13-7-4-8-14(11(13)15)10-6-3-2-5-9(10)12/h2-3,5-6H,4,7-8,12H2,1H3. The quantitative estimate of drug-likeness (QED) is 0.707. The second-order valence-electron chi connectivity index (χ2n) is 3.77. The Hall–Kier alpha value is -1.71. The number of urea groups is 1. The van der Waals surface area contributed by atoms with Crippen molar-refractivity contribution in [3.05, 3.63) is 24.3 Å². The van der Waals surface area contributed by atoms with Gasteiger partial charge in [-0.05, 0) is 18.6 Å². The van der Waals surface area contributed by atoms with Gasteiger partial charge in [0.15, 0.2) is 0 Å². The first-order chi connectivity index (χ1) is 7.20. The van der Waals surface area contributed by atoms with Crippen LogP contribution in [0.1, 0.15) is 6.42 Å². The molecule has 4 nitrogen and oxygen atoms in total. The molecule has 2 N–H and O–H groups in total. The average molecular weight is 205 g/mol. The lowest BCUT2D eigenvalue weighted by molar-refractivity contribution is 0.207. The minimum absolute atomic E-state index is 0.0270. The topological polar surface area (TPSA) is 49.6 Å². The summed E-state index contributed by atoms with van der Waals surface area (Å²) in [7, 11) is 1.81. The van der Waals surface area contributed by atoms with E-state index >= 15 is 0 Å². The van der Waals surface area contributed by atoms with Crippen molar-refractivity contribution >= 4 is 17.4 Å². The van der Waals surface area contributed by atoms with Crippen LogP contribution in [0.15, 0.2) is 24.3 Å². The number of anilines is 2. The summed E-state index contributed by atoms with van der Waals surface area (Å²) in [6, 6.07) is 7.49. The van der Waals surface area contributed by atoms with Gasteiger partial charge in [-0.15, -0.1) is 0 Å². The van der Waals surface area contributed by atoms with Gasteiger partial charge in [0.25, 0.3) is 0 Å². The summed E-state index contributed by atoms with van der Waals surface area (Å²) in [6.07, 6.45) is 0.983. The molecule has 0 aromatic heterocycles. The molecule has 0 aliphatic carbocycles. The molecule has 4 heteroatoms. The zero-order valence-electron chi connectivity index (χ0n) is 8.81. The predicted molar refractivity (Wildman–Crippen MR) is 60.8 cm³/mol. The third-order valence-corrected chi connectivity index (χ3v) is 2.66. The summed E-state index contributed by atoms with van der Waals surface area (Å²) in [5, 5.41) is 0. The van der Waals surface area contributed by atoms with Gasteiger partial charge in [-0.2, -0.15) is 0 Å². The van der Waals surface area contributed by atoms with Crippen LogP contribution in [0.3, 0.4) is 0 Å². The van der Waals surface area contributed by atoms with Crippen molar-refractivity contribution in [1.82, 2.24) is 4.90 Å². The number of rotatable bonds is 1. The lowest BCUT2D eigenvalue weighted by atomic mass is 10.2. The Morgan fingerprint density at radius 2 is 2.00 bits per heavy atom. The maximum absolute atomic E-state index is 11.9. The molecule has 1 aliphatic rings. The third-order valence-electron chi connectivity index (χ3n) is 2.66. The molecule has 0 radical (unpaired) electrons. The third kappa shape index (κ3) is 1.75. The van der Waals surface area contributed by atoms with Crippen molar-refractivity contribution in [3.63, 3.8) is 0 Å². The smallest absolute Gasteiger partial charge is 0.324 e. The van der Waals surface area contributed by atoms with Gasteiger partial charge >= 0.3 is 6.03 Å². The molecule has 80 valence electrons. The Bertz CT molecular complexity index is 378. The molecule has 2 rings (SSSR count). The highest BCUT2D eigenvalue weighted by molar-refractivity contribution is 5.95. The van der Waals surface area contributed by atoms with E-state index in [1.807, 2.05) is 31.3 Å². The van der Waals surface area contributed by atoms with E-state index in [1.165, 1.54) is 0 Å². The van der Waals surface area contributed by atoms with Gasteiger partial charge in [-0.3, -0.25) is 4.90 Å². The summed E-state index contributed by atoms with van der Waals surface area (Å²) in [5.41, 5.74) is 7.31. The lowest BCUT2D eigenvalue weighted by Crippen LogP contribution is -2.47. The maximum Gasteiger partial charge on any atom is 0.324 e. The molecule has 1 saturated heterocycles. The van der Waals surface area contributed by atoms with Crippen molar-refractivity contribution in [1.29, 1.82) is 0 Å². The number of nitrogens with two attached hydrogens (primary N) is 1. The fraction of sp³-hybridized carbons (Fsp3) is 0.364. The Morgan fingerprint density at radius 3 is 2.73 bits per heavy atom. The summed E-state index contributed by atoms with van der Waals surface area (Å²) < 4.78 is 0. The average Bonchev–Trinajstić information content (AvgIpc) is 2.23. The number of nitrogens with zero attached hydrogens (tertiary/aromatic N) is 2. The van der Waals surface area contributed by atoms with Gasteiger partial charge in [0.05, 0.1) is 11.4 Å².